The molecule has 50 heavy (non-hydrogen) atoms. The second-order valence-electron chi connectivity index (χ2n) is 11.1. The van der Waals surface area contributed by atoms with Gasteiger partial charge in [-0.2, -0.15) is 19.6 Å². The molecule has 3 heterocycles. The number of aliphatic carboxylic acids is 1. The van der Waals surface area contributed by atoms with Crippen LogP contribution < -0.4 is 16.0 Å². The minimum Gasteiger partial charge on any atom is -0.480 e. The SMILES string of the molecule is COCC(C)Nc1nc(Nc2c(C)cc(C)cc2C)nc(NCCCOC(=O)COCC(=O)O)c1N=Nc1nn(-c2nc(C)ns2)cc1C#N. The van der Waals surface area contributed by atoms with E-state index in [2.05, 4.69) is 58.8 Å². The van der Waals surface area contributed by atoms with Gasteiger partial charge in [-0.25, -0.2) is 19.3 Å². The number of nitrogens with one attached hydrogen (secondary N) is 3. The van der Waals surface area contributed by atoms with Gasteiger partial charge in [-0.1, -0.05) is 17.7 Å². The van der Waals surface area contributed by atoms with Crippen LogP contribution in [0.2, 0.25) is 0 Å². The summed E-state index contributed by atoms with van der Waals surface area (Å²) in [4.78, 5) is 36.3. The van der Waals surface area contributed by atoms with Gasteiger partial charge in [-0.3, -0.25) is 0 Å². The predicted molar refractivity (Wildman–Crippen MR) is 184 cm³/mol. The number of hydrogen-bond donors (Lipinski definition) is 4. The van der Waals surface area contributed by atoms with Crippen LogP contribution >= 0.6 is 11.5 Å². The summed E-state index contributed by atoms with van der Waals surface area (Å²) in [7, 11) is 1.59. The fourth-order valence-corrected chi connectivity index (χ4v) is 5.27. The van der Waals surface area contributed by atoms with Gasteiger partial charge in [0.2, 0.25) is 16.9 Å². The number of rotatable bonds is 18. The van der Waals surface area contributed by atoms with Crippen molar-refractivity contribution < 1.29 is 28.9 Å². The highest BCUT2D eigenvalue weighted by Crippen LogP contribution is 2.36. The van der Waals surface area contributed by atoms with Gasteiger partial charge in [-0.15, -0.1) is 15.3 Å². The molecule has 0 aliphatic rings. The Morgan fingerprint density at radius 1 is 1.10 bits per heavy atom. The van der Waals surface area contributed by atoms with Crippen LogP contribution in [0.4, 0.5) is 34.8 Å². The van der Waals surface area contributed by atoms with E-state index >= 15 is 0 Å². The zero-order chi connectivity index (χ0) is 36.2. The lowest BCUT2D eigenvalue weighted by Crippen LogP contribution is -2.22. The van der Waals surface area contributed by atoms with Gasteiger partial charge in [0, 0.05) is 36.9 Å². The van der Waals surface area contributed by atoms with Gasteiger partial charge in [0.1, 0.15) is 30.7 Å². The molecule has 1 unspecified atom stereocenters. The van der Waals surface area contributed by atoms with E-state index in [-0.39, 0.29) is 48.0 Å². The Bertz CT molecular complexity index is 1860. The summed E-state index contributed by atoms with van der Waals surface area (Å²) in [5.41, 5.74) is 4.36. The molecule has 1 aromatic carbocycles. The molecule has 3 aromatic heterocycles. The highest BCUT2D eigenvalue weighted by molar-refractivity contribution is 7.08. The Morgan fingerprint density at radius 3 is 2.50 bits per heavy atom. The summed E-state index contributed by atoms with van der Waals surface area (Å²) in [6.45, 7) is 9.27. The minimum absolute atomic E-state index is 0.0289. The van der Waals surface area contributed by atoms with Crippen molar-refractivity contribution in [3.05, 3.63) is 46.4 Å². The number of nitrogens with zero attached hydrogens (tertiary/aromatic N) is 9. The molecule has 4 aromatic rings. The molecule has 4 rings (SSSR count). The van der Waals surface area contributed by atoms with Gasteiger partial charge >= 0.3 is 11.9 Å². The predicted octanol–water partition coefficient (Wildman–Crippen LogP) is 4.67. The molecule has 1 atom stereocenters. The quantitative estimate of drug-likeness (QED) is 0.0625. The van der Waals surface area contributed by atoms with Crippen molar-refractivity contribution >= 4 is 58.2 Å². The van der Waals surface area contributed by atoms with Crippen LogP contribution in [0.25, 0.3) is 5.13 Å². The van der Waals surface area contributed by atoms with E-state index in [4.69, 9.17) is 29.3 Å². The summed E-state index contributed by atoms with van der Waals surface area (Å²) in [5, 5.41) is 42.0. The number of methoxy groups -OCH3 is 1. The fraction of sp³-hybridized carbons (Fsp3) is 0.419. The van der Waals surface area contributed by atoms with Crippen molar-refractivity contribution in [2.45, 2.75) is 47.1 Å². The van der Waals surface area contributed by atoms with Crippen LogP contribution in [-0.4, -0.2) is 92.3 Å². The van der Waals surface area contributed by atoms with Crippen molar-refractivity contribution in [1.29, 1.82) is 5.26 Å². The minimum atomic E-state index is -1.18. The lowest BCUT2D eigenvalue weighted by Gasteiger charge is -2.19. The average molecular weight is 707 g/mol. The summed E-state index contributed by atoms with van der Waals surface area (Å²) < 4.78 is 20.8. The molecule has 0 saturated heterocycles. The van der Waals surface area contributed by atoms with Crippen LogP contribution in [0.3, 0.4) is 0 Å². The van der Waals surface area contributed by atoms with Crippen molar-refractivity contribution in [1.82, 2.24) is 29.1 Å². The number of carbonyl (C=O) groups is 2. The van der Waals surface area contributed by atoms with E-state index < -0.39 is 25.2 Å². The van der Waals surface area contributed by atoms with E-state index in [0.29, 0.717) is 29.8 Å². The molecule has 0 amide bonds. The van der Waals surface area contributed by atoms with Crippen LogP contribution in [0, 0.1) is 39.0 Å². The first-order chi connectivity index (χ1) is 24.0. The molecule has 264 valence electrons. The Hall–Kier alpha value is -5.58. The molecule has 0 saturated carbocycles. The highest BCUT2D eigenvalue weighted by atomic mass is 32.1. The third-order valence-corrected chi connectivity index (χ3v) is 7.49. The second-order valence-corrected chi connectivity index (χ2v) is 11.9. The monoisotopic (exact) mass is 706 g/mol. The van der Waals surface area contributed by atoms with Crippen LogP contribution in [0.5, 0.6) is 0 Å². The maximum absolute atomic E-state index is 11.9. The summed E-state index contributed by atoms with van der Waals surface area (Å²) in [5.74, 6) is -0.377. The third kappa shape index (κ3) is 10.5. The molecule has 18 nitrogen and oxygen atoms in total. The van der Waals surface area contributed by atoms with Crippen LogP contribution in [-0.2, 0) is 23.8 Å². The smallest absolute Gasteiger partial charge is 0.332 e. The van der Waals surface area contributed by atoms with Gasteiger partial charge in [0.25, 0.3) is 0 Å². The van der Waals surface area contributed by atoms with Gasteiger partial charge in [0.15, 0.2) is 17.3 Å². The number of carboxylic acid groups (broad SMARTS) is 1. The first kappa shape index (κ1) is 37.2. The molecule has 0 bridgehead atoms. The summed E-state index contributed by atoms with van der Waals surface area (Å²) in [6.07, 6.45) is 1.86. The fourth-order valence-electron chi connectivity index (χ4n) is 4.66. The van der Waals surface area contributed by atoms with Crippen molar-refractivity contribution in [3.8, 4) is 11.2 Å². The number of hydrogen-bond acceptors (Lipinski definition) is 17. The second kappa shape index (κ2) is 17.7. The molecular formula is C31H38N12O6S. The number of azo groups is 1. The lowest BCUT2D eigenvalue weighted by atomic mass is 10.1. The molecule has 4 N–H and O–H groups in total. The Balaban J connectivity index is 1.68. The van der Waals surface area contributed by atoms with Gasteiger partial charge in [0.05, 0.1) is 19.4 Å². The Labute approximate surface area is 292 Å². The molecule has 0 fully saturated rings. The van der Waals surface area contributed by atoms with E-state index in [1.165, 1.54) is 10.9 Å². The lowest BCUT2D eigenvalue weighted by molar-refractivity contribution is -0.152. The number of esters is 1. The zero-order valence-corrected chi connectivity index (χ0v) is 29.3. The molecule has 0 aliphatic heterocycles. The Kier molecular flexibility index (Phi) is 13.2. The first-order valence-electron chi connectivity index (χ1n) is 15.4. The number of nitriles is 1. The number of aryl methyl sites for hydroxylation is 4. The molecular weight excluding hydrogens is 668 g/mol. The third-order valence-electron chi connectivity index (χ3n) is 6.69. The van der Waals surface area contributed by atoms with Crippen molar-refractivity contribution in [2.75, 3.05) is 56.0 Å². The topological polar surface area (TPSA) is 236 Å². The van der Waals surface area contributed by atoms with E-state index in [1.54, 1.807) is 14.0 Å². The van der Waals surface area contributed by atoms with Crippen molar-refractivity contribution in [2.24, 2.45) is 10.2 Å². The van der Waals surface area contributed by atoms with E-state index in [1.807, 2.05) is 27.7 Å². The number of aromatic nitrogens is 6. The maximum atomic E-state index is 11.9. The van der Waals surface area contributed by atoms with Crippen molar-refractivity contribution in [3.63, 3.8) is 0 Å². The first-order valence-corrected chi connectivity index (χ1v) is 16.2. The van der Waals surface area contributed by atoms with Gasteiger partial charge in [-0.05, 0) is 52.2 Å². The highest BCUT2D eigenvalue weighted by Gasteiger charge is 2.20. The molecule has 19 heteroatoms. The average Bonchev–Trinajstić information content (AvgIpc) is 3.68. The maximum Gasteiger partial charge on any atom is 0.332 e. The summed E-state index contributed by atoms with van der Waals surface area (Å²) in [6, 6.07) is 5.99. The van der Waals surface area contributed by atoms with Crippen LogP contribution in [0.15, 0.2) is 28.6 Å². The van der Waals surface area contributed by atoms with E-state index in [9.17, 15) is 14.9 Å². The molecule has 0 aliphatic carbocycles. The van der Waals surface area contributed by atoms with E-state index in [0.717, 1.165) is 33.9 Å². The number of ether oxygens (including phenoxy) is 3. The molecule has 0 radical (unpaired) electrons. The standard InChI is InChI=1S/C31H38N12O6S/c1-17-10-18(2)25(19(3)11-17)36-30-37-28(33-8-7-9-49-24(46)16-48-15-23(44)45)26(29(38-30)34-20(4)14-47-6)39-40-27-22(12-32)13-43(41-27)31-35-21(5)42-50-31/h10-11,13,20H,7-9,14-16H2,1-6H3,(H,44,45)(H3,33,34,36,37,38). The number of benzene rings is 1. The Morgan fingerprint density at radius 2 is 1.84 bits per heavy atom. The molecule has 0 spiro atoms. The largest absolute Gasteiger partial charge is 0.480 e. The number of carbonyl (C=O) groups excluding carboxylic acids is 1. The van der Waals surface area contributed by atoms with Crippen LogP contribution in [0.1, 0.15) is 41.4 Å². The summed E-state index contributed by atoms with van der Waals surface area (Å²) >= 11 is 1.13. The van der Waals surface area contributed by atoms with Gasteiger partial charge < -0.3 is 35.3 Å². The zero-order valence-electron chi connectivity index (χ0n) is 28.5. The normalized spacial score (nSPS) is 11.7. The number of carboxylic acids is 1. The number of anilines is 4.